The first-order valence-corrected chi connectivity index (χ1v) is 14.0. The molecule has 12 heteroatoms. The zero-order valence-corrected chi connectivity index (χ0v) is 25.5. The number of nitrogens with zero attached hydrogens (tertiary/aromatic N) is 1. The highest BCUT2D eigenvalue weighted by Crippen LogP contribution is 2.26. The van der Waals surface area contributed by atoms with Crippen LogP contribution in [0.4, 0.5) is 4.79 Å². The second kappa shape index (κ2) is 16.1. The van der Waals surface area contributed by atoms with E-state index in [1.165, 1.54) is 17.1 Å². The molecule has 1 fully saturated rings. The van der Waals surface area contributed by atoms with Crippen LogP contribution in [0.15, 0.2) is 24.8 Å². The molecule has 0 saturated carbocycles. The topological polar surface area (TPSA) is 163 Å². The molecule has 0 spiro atoms. The molecule has 1 aliphatic rings. The van der Waals surface area contributed by atoms with Gasteiger partial charge in [0.15, 0.2) is 6.10 Å². The molecule has 3 unspecified atom stereocenters. The monoisotopic (exact) mass is 580 g/mol. The number of esters is 1. The van der Waals surface area contributed by atoms with Crippen LogP contribution in [0.1, 0.15) is 74.1 Å². The maximum absolute atomic E-state index is 13.7. The number of hydrogen-bond acceptors (Lipinski definition) is 8. The summed E-state index contributed by atoms with van der Waals surface area (Å²) in [6.45, 7) is 16.4. The number of nitrogens with one attached hydrogen (secondary N) is 3. The van der Waals surface area contributed by atoms with Crippen LogP contribution in [0, 0.1) is 5.41 Å². The molecule has 0 radical (unpaired) electrons. The predicted octanol–water partition coefficient (Wildman–Crippen LogP) is 1.96. The van der Waals surface area contributed by atoms with Crippen molar-refractivity contribution in [2.75, 3.05) is 19.7 Å². The van der Waals surface area contributed by atoms with E-state index in [0.717, 1.165) is 0 Å². The van der Waals surface area contributed by atoms with E-state index in [1.807, 2.05) is 0 Å². The minimum Gasteiger partial charge on any atom is -0.463 e. The van der Waals surface area contributed by atoms with Crippen LogP contribution in [0.2, 0.25) is 0 Å². The number of aliphatic hydroxyl groups is 1. The molecule has 0 aromatic heterocycles. The molecule has 0 aliphatic carbocycles. The Bertz CT molecular complexity index is 967. The fourth-order valence-electron chi connectivity index (χ4n) is 4.22. The van der Waals surface area contributed by atoms with Crippen LogP contribution in [0.3, 0.4) is 0 Å². The summed E-state index contributed by atoms with van der Waals surface area (Å²) in [6.07, 6.45) is 3.44. The Balaban J connectivity index is 2.98. The third-order valence-corrected chi connectivity index (χ3v) is 6.21. The molecule has 0 aromatic carbocycles. The number of likely N-dealkylation sites (tertiary alicyclic amines) is 1. The smallest absolute Gasteiger partial charge is 0.408 e. The van der Waals surface area contributed by atoms with E-state index in [1.54, 1.807) is 54.5 Å². The van der Waals surface area contributed by atoms with Crippen molar-refractivity contribution >= 4 is 29.8 Å². The number of ether oxygens (including phenoxy) is 2. The van der Waals surface area contributed by atoms with Crippen molar-refractivity contribution in [3.05, 3.63) is 24.8 Å². The second-order valence-electron chi connectivity index (χ2n) is 12.0. The summed E-state index contributed by atoms with van der Waals surface area (Å²) in [4.78, 5) is 65.0. The Morgan fingerprint density at radius 3 is 2.32 bits per heavy atom. The van der Waals surface area contributed by atoms with Gasteiger partial charge in [0.05, 0.1) is 12.6 Å². The molecule has 1 heterocycles. The molecule has 4 atom stereocenters. The van der Waals surface area contributed by atoms with E-state index in [4.69, 9.17) is 9.47 Å². The Labute approximate surface area is 243 Å². The van der Waals surface area contributed by atoms with Gasteiger partial charge in [-0.3, -0.25) is 14.4 Å². The largest absolute Gasteiger partial charge is 0.463 e. The van der Waals surface area contributed by atoms with E-state index in [2.05, 4.69) is 22.5 Å². The molecule has 0 bridgehead atoms. The van der Waals surface area contributed by atoms with E-state index < -0.39 is 65.0 Å². The molecule has 4 amide bonds. The lowest BCUT2D eigenvalue weighted by Crippen LogP contribution is -2.59. The van der Waals surface area contributed by atoms with Gasteiger partial charge in [-0.25, -0.2) is 9.59 Å². The molecular formula is C29H48N4O8. The van der Waals surface area contributed by atoms with E-state index in [9.17, 15) is 29.1 Å². The lowest BCUT2D eigenvalue weighted by molar-refractivity contribution is -0.143. The van der Waals surface area contributed by atoms with Crippen LogP contribution in [0.5, 0.6) is 0 Å². The average Bonchev–Trinajstić information content (AvgIpc) is 3.35. The number of allylic oxidation sites excluding steroid dienone is 1. The van der Waals surface area contributed by atoms with Gasteiger partial charge in [-0.2, -0.15) is 0 Å². The number of aliphatic hydroxyl groups excluding tert-OH is 1. The van der Waals surface area contributed by atoms with Crippen molar-refractivity contribution in [2.24, 2.45) is 5.41 Å². The quantitative estimate of drug-likeness (QED) is 0.146. The summed E-state index contributed by atoms with van der Waals surface area (Å²) in [6, 6.07) is -2.76. The maximum atomic E-state index is 13.7. The molecular weight excluding hydrogens is 532 g/mol. The normalized spacial score (nSPS) is 17.8. The van der Waals surface area contributed by atoms with Crippen molar-refractivity contribution in [2.45, 2.75) is 104 Å². The minimum absolute atomic E-state index is 0.0272. The van der Waals surface area contributed by atoms with E-state index in [0.29, 0.717) is 25.8 Å². The highest BCUT2D eigenvalue weighted by molar-refractivity contribution is 5.93. The average molecular weight is 581 g/mol. The SMILES string of the molecule is C=CCCC(NC(=O)[C@@H]1CCCN1C(=O)C(NC(=O)OC(C)(C)C)C(C)(C)C)C(O)C(=O)NC/C=C/C(=O)OCC. The number of carbonyl (C=O) groups is 5. The van der Waals surface area contributed by atoms with Crippen LogP contribution >= 0.6 is 0 Å². The number of carbonyl (C=O) groups excluding carboxylic acids is 5. The van der Waals surface area contributed by atoms with Crippen LogP contribution < -0.4 is 16.0 Å². The molecule has 12 nitrogen and oxygen atoms in total. The summed E-state index contributed by atoms with van der Waals surface area (Å²) in [5.41, 5.74) is -1.43. The van der Waals surface area contributed by atoms with Crippen molar-refractivity contribution in [3.63, 3.8) is 0 Å². The first-order chi connectivity index (χ1) is 19.0. The Kier molecular flexibility index (Phi) is 14.0. The summed E-state index contributed by atoms with van der Waals surface area (Å²) in [5, 5.41) is 18.6. The van der Waals surface area contributed by atoms with Gasteiger partial charge in [-0.15, -0.1) is 6.58 Å². The molecule has 1 saturated heterocycles. The maximum Gasteiger partial charge on any atom is 0.408 e. The Hall–Kier alpha value is -3.41. The molecule has 232 valence electrons. The predicted molar refractivity (Wildman–Crippen MR) is 153 cm³/mol. The zero-order valence-electron chi connectivity index (χ0n) is 25.5. The third-order valence-electron chi connectivity index (χ3n) is 6.21. The van der Waals surface area contributed by atoms with Crippen molar-refractivity contribution < 1.29 is 38.6 Å². The van der Waals surface area contributed by atoms with Crippen LogP contribution in [-0.2, 0) is 28.7 Å². The number of amides is 4. The number of alkyl carbamates (subject to hydrolysis) is 1. The fourth-order valence-corrected chi connectivity index (χ4v) is 4.22. The van der Waals surface area contributed by atoms with Gasteiger partial charge in [0.25, 0.3) is 5.91 Å². The van der Waals surface area contributed by atoms with Gasteiger partial charge in [0, 0.05) is 19.2 Å². The summed E-state index contributed by atoms with van der Waals surface area (Å²) < 4.78 is 10.1. The van der Waals surface area contributed by atoms with Gasteiger partial charge >= 0.3 is 12.1 Å². The number of hydrogen-bond donors (Lipinski definition) is 4. The second-order valence-corrected chi connectivity index (χ2v) is 12.0. The third kappa shape index (κ3) is 12.3. The summed E-state index contributed by atoms with van der Waals surface area (Å²) >= 11 is 0. The van der Waals surface area contributed by atoms with Gasteiger partial charge in [-0.05, 0) is 58.8 Å². The van der Waals surface area contributed by atoms with Gasteiger partial charge in [0.1, 0.15) is 17.7 Å². The van der Waals surface area contributed by atoms with Gasteiger partial charge in [-0.1, -0.05) is 32.9 Å². The summed E-state index contributed by atoms with van der Waals surface area (Å²) in [5.74, 6) is -2.22. The molecule has 41 heavy (non-hydrogen) atoms. The van der Waals surface area contributed by atoms with Crippen molar-refractivity contribution in [3.8, 4) is 0 Å². The van der Waals surface area contributed by atoms with Crippen molar-refractivity contribution in [1.82, 2.24) is 20.9 Å². The highest BCUT2D eigenvalue weighted by atomic mass is 16.6. The molecule has 0 aromatic rings. The standard InChI is InChI=1S/C29H48N4O8/c1-9-11-14-19(22(35)25(37)30-17-12-16-21(34)40-10-2)31-24(36)20-15-13-18-33(20)26(38)23(28(3,4)5)32-27(39)41-29(6,7)8/h9,12,16,19-20,22-23,35H,1,10-11,13-15,17-18H2,2-8H3,(H,30,37)(H,31,36)(H,32,39)/b16-12+/t19?,20-,22?,23?/m0/s1. The van der Waals surface area contributed by atoms with Gasteiger partial charge in [0.2, 0.25) is 11.8 Å². The zero-order chi connectivity index (χ0) is 31.4. The number of rotatable bonds is 13. The van der Waals surface area contributed by atoms with Gasteiger partial charge < -0.3 is 35.4 Å². The molecule has 1 aliphatic heterocycles. The van der Waals surface area contributed by atoms with E-state index >= 15 is 0 Å². The molecule has 1 rings (SSSR count). The first-order valence-electron chi connectivity index (χ1n) is 14.0. The first kappa shape index (κ1) is 35.6. The Morgan fingerprint density at radius 1 is 1.10 bits per heavy atom. The lowest BCUT2D eigenvalue weighted by Gasteiger charge is -2.36. The lowest BCUT2D eigenvalue weighted by atomic mass is 9.85. The van der Waals surface area contributed by atoms with Crippen LogP contribution in [-0.4, -0.2) is 89.3 Å². The van der Waals surface area contributed by atoms with Crippen molar-refractivity contribution in [1.29, 1.82) is 0 Å². The van der Waals surface area contributed by atoms with Crippen LogP contribution in [0.25, 0.3) is 0 Å². The Morgan fingerprint density at radius 2 is 1.76 bits per heavy atom. The fraction of sp³-hybridized carbons (Fsp3) is 0.690. The summed E-state index contributed by atoms with van der Waals surface area (Å²) in [7, 11) is 0. The van der Waals surface area contributed by atoms with E-state index in [-0.39, 0.29) is 19.6 Å². The minimum atomic E-state index is -1.59. The molecule has 4 N–H and O–H groups in total. The highest BCUT2D eigenvalue weighted by Gasteiger charge is 2.43.